The van der Waals surface area contributed by atoms with E-state index in [4.69, 9.17) is 16.9 Å². The Balaban J connectivity index is -0.00000264. The van der Waals surface area contributed by atoms with Crippen LogP contribution in [0.25, 0.3) is 0 Å². The molecule has 8 N–H and O–H groups in total. The van der Waals surface area contributed by atoms with Gasteiger partial charge in [-0.15, -0.1) is 24.8 Å². The molecular formula is C16H31Cl2N5O3. The van der Waals surface area contributed by atoms with Crippen molar-refractivity contribution < 1.29 is 14.7 Å². The van der Waals surface area contributed by atoms with E-state index in [1.807, 2.05) is 6.92 Å². The number of rotatable bonds is 11. The molecule has 8 nitrogen and oxygen atoms in total. The standard InChI is InChI=1S/C16H29N5O3.2ClH/c1-3-4-5-6-15(23)21-11(2)13(22)9-12(17)10-16(24)20-8-7-14(18)19;;/h3-6,11-13,22H,7-10,17H2,1-2H3,(H3,18,19)(H,20,24)(H,21,23);2*1H/b4-3+,6-5+;;/t11-,12-,13-;;/m1../s1. The Morgan fingerprint density at radius 1 is 1.27 bits per heavy atom. The van der Waals surface area contributed by atoms with Gasteiger partial charge in [-0.3, -0.25) is 15.0 Å². The molecule has 0 spiro atoms. The highest BCUT2D eigenvalue weighted by molar-refractivity contribution is 5.88. The van der Waals surface area contributed by atoms with Gasteiger partial charge in [-0.2, -0.15) is 0 Å². The van der Waals surface area contributed by atoms with Crippen LogP contribution in [0.4, 0.5) is 0 Å². The third kappa shape index (κ3) is 15.9. The van der Waals surface area contributed by atoms with E-state index in [0.717, 1.165) is 0 Å². The molecule has 0 aromatic heterocycles. The second-order valence-electron chi connectivity index (χ2n) is 5.57. The van der Waals surface area contributed by atoms with Crippen LogP contribution in [0.15, 0.2) is 24.3 Å². The SMILES string of the molecule is C/C=C/C=C/C(=O)N[C@H](C)[C@H](O)C[C@@H](N)CC(=O)NCCC(=N)N.Cl.Cl. The maximum Gasteiger partial charge on any atom is 0.244 e. The number of allylic oxidation sites excluding steroid dienone is 3. The van der Waals surface area contributed by atoms with Crippen molar-refractivity contribution in [3.63, 3.8) is 0 Å². The molecule has 2 amide bonds. The van der Waals surface area contributed by atoms with Gasteiger partial charge in [0.2, 0.25) is 11.8 Å². The van der Waals surface area contributed by atoms with Crippen LogP contribution in [0.2, 0.25) is 0 Å². The van der Waals surface area contributed by atoms with Gasteiger partial charge < -0.3 is 27.2 Å². The van der Waals surface area contributed by atoms with E-state index < -0.39 is 18.2 Å². The highest BCUT2D eigenvalue weighted by Crippen LogP contribution is 2.05. The highest BCUT2D eigenvalue weighted by atomic mass is 35.5. The number of amidine groups is 1. The van der Waals surface area contributed by atoms with E-state index in [9.17, 15) is 14.7 Å². The van der Waals surface area contributed by atoms with Crippen LogP contribution in [0.1, 0.15) is 33.1 Å². The molecule has 10 heteroatoms. The zero-order chi connectivity index (χ0) is 18.5. The lowest BCUT2D eigenvalue weighted by atomic mass is 10.0. The second kappa shape index (κ2) is 16.8. The molecule has 0 rings (SSSR count). The van der Waals surface area contributed by atoms with Gasteiger partial charge >= 0.3 is 0 Å². The fourth-order valence-corrected chi connectivity index (χ4v) is 1.87. The molecule has 0 aromatic carbocycles. The van der Waals surface area contributed by atoms with Crippen molar-refractivity contribution in [3.8, 4) is 0 Å². The van der Waals surface area contributed by atoms with Gasteiger partial charge in [-0.05, 0) is 20.3 Å². The molecule has 0 aliphatic carbocycles. The molecule has 152 valence electrons. The minimum Gasteiger partial charge on any atom is -0.391 e. The Morgan fingerprint density at radius 2 is 1.88 bits per heavy atom. The Bertz CT molecular complexity index is 487. The first kappa shape index (κ1) is 29.2. The van der Waals surface area contributed by atoms with Crippen LogP contribution in [0, 0.1) is 5.41 Å². The Morgan fingerprint density at radius 3 is 2.42 bits per heavy atom. The quantitative estimate of drug-likeness (QED) is 0.125. The van der Waals surface area contributed by atoms with Crippen molar-refractivity contribution in [3.05, 3.63) is 24.3 Å². The summed E-state index contributed by atoms with van der Waals surface area (Å²) >= 11 is 0. The lowest BCUT2D eigenvalue weighted by Crippen LogP contribution is -2.44. The fourth-order valence-electron chi connectivity index (χ4n) is 1.87. The number of amides is 2. The van der Waals surface area contributed by atoms with Crippen molar-refractivity contribution >= 4 is 42.5 Å². The summed E-state index contributed by atoms with van der Waals surface area (Å²) in [4.78, 5) is 23.2. The summed E-state index contributed by atoms with van der Waals surface area (Å²) in [6, 6.07) is -1.02. The monoisotopic (exact) mass is 411 g/mol. The van der Waals surface area contributed by atoms with E-state index in [0.29, 0.717) is 0 Å². The van der Waals surface area contributed by atoms with E-state index in [1.165, 1.54) is 6.08 Å². The number of aliphatic hydroxyl groups is 1. The van der Waals surface area contributed by atoms with Gasteiger partial charge in [0, 0.05) is 31.5 Å². The Kier molecular flexibility index (Phi) is 18.9. The number of halogens is 2. The first-order valence-corrected chi connectivity index (χ1v) is 7.89. The van der Waals surface area contributed by atoms with Crippen LogP contribution in [0.3, 0.4) is 0 Å². The molecule has 0 saturated carbocycles. The van der Waals surface area contributed by atoms with E-state index in [1.54, 1.807) is 25.2 Å². The van der Waals surface area contributed by atoms with Crippen LogP contribution < -0.4 is 22.1 Å². The first-order valence-electron chi connectivity index (χ1n) is 7.89. The largest absolute Gasteiger partial charge is 0.391 e. The number of carbonyl (C=O) groups excluding carboxylic acids is 2. The third-order valence-electron chi connectivity index (χ3n) is 3.21. The van der Waals surface area contributed by atoms with Crippen LogP contribution >= 0.6 is 24.8 Å². The molecule has 3 atom stereocenters. The smallest absolute Gasteiger partial charge is 0.244 e. The molecule has 26 heavy (non-hydrogen) atoms. The minimum atomic E-state index is -0.857. The van der Waals surface area contributed by atoms with Crippen molar-refractivity contribution in [2.24, 2.45) is 11.5 Å². The van der Waals surface area contributed by atoms with Crippen molar-refractivity contribution in [1.29, 1.82) is 5.41 Å². The molecule has 0 bridgehead atoms. The average molecular weight is 412 g/mol. The number of aliphatic hydroxyl groups excluding tert-OH is 1. The maximum atomic E-state index is 11.6. The molecule has 0 heterocycles. The van der Waals surface area contributed by atoms with Crippen LogP contribution in [0.5, 0.6) is 0 Å². The number of hydrogen-bond donors (Lipinski definition) is 6. The van der Waals surface area contributed by atoms with Crippen molar-refractivity contribution in [2.75, 3.05) is 6.54 Å². The minimum absolute atomic E-state index is 0. The fraction of sp³-hybridized carbons (Fsp3) is 0.562. The molecule has 0 unspecified atom stereocenters. The van der Waals surface area contributed by atoms with E-state index in [-0.39, 0.29) is 68.3 Å². The maximum absolute atomic E-state index is 11.6. The summed E-state index contributed by atoms with van der Waals surface area (Å²) in [6.45, 7) is 3.80. The lowest BCUT2D eigenvalue weighted by Gasteiger charge is -2.22. The predicted molar refractivity (Wildman–Crippen MR) is 109 cm³/mol. The van der Waals surface area contributed by atoms with Gasteiger partial charge in [0.25, 0.3) is 0 Å². The van der Waals surface area contributed by atoms with Crippen LogP contribution in [-0.4, -0.2) is 47.5 Å². The van der Waals surface area contributed by atoms with Crippen molar-refractivity contribution in [1.82, 2.24) is 10.6 Å². The van der Waals surface area contributed by atoms with Gasteiger partial charge in [-0.25, -0.2) is 0 Å². The van der Waals surface area contributed by atoms with Gasteiger partial charge in [0.1, 0.15) is 0 Å². The first-order chi connectivity index (χ1) is 11.3. The predicted octanol–water partition coefficient (Wildman–Crippen LogP) is 0.378. The Labute approximate surface area is 167 Å². The Hall–Kier alpha value is -1.61. The van der Waals surface area contributed by atoms with Crippen molar-refractivity contribution in [2.45, 2.75) is 51.3 Å². The topological polar surface area (TPSA) is 154 Å². The average Bonchev–Trinajstić information content (AvgIpc) is 2.46. The molecule has 0 saturated heterocycles. The third-order valence-corrected chi connectivity index (χ3v) is 3.21. The van der Waals surface area contributed by atoms with Crippen LogP contribution in [-0.2, 0) is 9.59 Å². The summed E-state index contributed by atoms with van der Waals surface area (Å²) in [7, 11) is 0. The summed E-state index contributed by atoms with van der Waals surface area (Å²) in [5.74, 6) is -0.569. The second-order valence-corrected chi connectivity index (χ2v) is 5.57. The van der Waals surface area contributed by atoms with E-state index >= 15 is 0 Å². The molecule has 0 aromatic rings. The number of hydrogen-bond acceptors (Lipinski definition) is 5. The normalized spacial score (nSPS) is 14.0. The number of carbonyl (C=O) groups is 2. The van der Waals surface area contributed by atoms with E-state index in [2.05, 4.69) is 10.6 Å². The summed E-state index contributed by atoms with van der Waals surface area (Å²) < 4.78 is 0. The highest BCUT2D eigenvalue weighted by Gasteiger charge is 2.20. The summed E-state index contributed by atoms with van der Waals surface area (Å²) in [5.41, 5.74) is 11.0. The van der Waals surface area contributed by atoms with Gasteiger partial charge in [0.05, 0.1) is 18.0 Å². The lowest BCUT2D eigenvalue weighted by molar-refractivity contribution is -0.122. The molecule has 0 radical (unpaired) electrons. The number of nitrogens with two attached hydrogens (primary N) is 2. The summed E-state index contributed by atoms with van der Waals surface area (Å²) in [5, 5.41) is 22.4. The van der Waals surface area contributed by atoms with Gasteiger partial charge in [-0.1, -0.05) is 18.2 Å². The molecule has 0 fully saturated rings. The molecule has 0 aliphatic rings. The zero-order valence-corrected chi connectivity index (χ0v) is 16.7. The zero-order valence-electron chi connectivity index (χ0n) is 15.1. The molecule has 0 aliphatic heterocycles. The summed E-state index contributed by atoms with van der Waals surface area (Å²) in [6.07, 6.45) is 6.15. The molecular weight excluding hydrogens is 381 g/mol. The van der Waals surface area contributed by atoms with Gasteiger partial charge in [0.15, 0.2) is 0 Å². The number of nitrogens with one attached hydrogen (secondary N) is 3.